The smallest absolute Gasteiger partial charge is 0.339 e. The second-order valence-electron chi connectivity index (χ2n) is 6.02. The number of hydrogen-bond acceptors (Lipinski definition) is 6. The van der Waals surface area contributed by atoms with Crippen molar-refractivity contribution in [1.82, 2.24) is 5.43 Å². The number of hydrogen-bond donors (Lipinski definition) is 1. The molecular formula is C20H17ClN2O5. The van der Waals surface area contributed by atoms with Crippen molar-refractivity contribution < 1.29 is 23.2 Å². The van der Waals surface area contributed by atoms with Crippen LogP contribution in [0.5, 0.6) is 0 Å². The van der Waals surface area contributed by atoms with E-state index in [9.17, 15) is 9.59 Å². The molecule has 0 aliphatic rings. The van der Waals surface area contributed by atoms with E-state index < -0.39 is 11.9 Å². The number of amides is 1. The van der Waals surface area contributed by atoms with Gasteiger partial charge in [-0.2, -0.15) is 5.10 Å². The van der Waals surface area contributed by atoms with Crippen LogP contribution >= 0.6 is 11.6 Å². The van der Waals surface area contributed by atoms with E-state index >= 15 is 0 Å². The Kier molecular flexibility index (Phi) is 5.96. The molecule has 0 fully saturated rings. The summed E-state index contributed by atoms with van der Waals surface area (Å²) in [6.07, 6.45) is 2.47. The van der Waals surface area contributed by atoms with Crippen LogP contribution < -0.4 is 5.43 Å². The summed E-state index contributed by atoms with van der Waals surface area (Å²) in [6, 6.07) is 11.3. The third-order valence-electron chi connectivity index (χ3n) is 3.54. The Balaban J connectivity index is 1.78. The van der Waals surface area contributed by atoms with Crippen LogP contribution in [0.2, 0.25) is 5.02 Å². The van der Waals surface area contributed by atoms with Gasteiger partial charge in [-0.05, 0) is 56.3 Å². The first kappa shape index (κ1) is 19.4. The summed E-state index contributed by atoms with van der Waals surface area (Å²) in [7, 11) is 0. The molecule has 1 aromatic carbocycles. The number of nitrogens with zero attached hydrogens (tertiary/aromatic N) is 1. The highest BCUT2D eigenvalue weighted by atomic mass is 35.5. The number of carbonyl (C=O) groups excluding carboxylic acids is 2. The first-order valence-electron chi connectivity index (χ1n) is 8.41. The number of rotatable bonds is 6. The van der Waals surface area contributed by atoms with Gasteiger partial charge in [-0.1, -0.05) is 11.6 Å². The first-order chi connectivity index (χ1) is 13.4. The first-order valence-corrected chi connectivity index (χ1v) is 8.79. The maximum absolute atomic E-state index is 12.3. The summed E-state index contributed by atoms with van der Waals surface area (Å²) in [5, 5.41) is 4.28. The van der Waals surface area contributed by atoms with Gasteiger partial charge in [-0.3, -0.25) is 4.79 Å². The van der Waals surface area contributed by atoms with Gasteiger partial charge in [-0.25, -0.2) is 10.2 Å². The van der Waals surface area contributed by atoms with Crippen molar-refractivity contribution in [3.8, 4) is 11.3 Å². The third kappa shape index (κ3) is 4.69. The van der Waals surface area contributed by atoms with Gasteiger partial charge in [-0.15, -0.1) is 0 Å². The molecule has 0 radical (unpaired) electrons. The lowest BCUT2D eigenvalue weighted by Crippen LogP contribution is -2.16. The molecule has 3 aromatic rings. The van der Waals surface area contributed by atoms with Gasteiger partial charge in [0.05, 0.1) is 24.1 Å². The van der Waals surface area contributed by atoms with Crippen LogP contribution in [0.1, 0.15) is 40.5 Å². The van der Waals surface area contributed by atoms with Gasteiger partial charge in [0, 0.05) is 10.6 Å². The second kappa shape index (κ2) is 8.58. The van der Waals surface area contributed by atoms with Crippen molar-refractivity contribution in [2.24, 2.45) is 5.10 Å². The van der Waals surface area contributed by atoms with Crippen LogP contribution in [0.4, 0.5) is 0 Å². The molecule has 7 nitrogen and oxygen atoms in total. The molecule has 1 amide bonds. The lowest BCUT2D eigenvalue weighted by molar-refractivity contribution is 0.0378. The standard InChI is InChI=1S/C20H17ClN2O5/c1-12(2)27-20(25)15-7-5-13(21)10-16(15)17-8-6-14(28-17)11-22-23-19(24)18-4-3-9-26-18/h3-12H,1-2H3,(H,23,24)/b22-11-. The van der Waals surface area contributed by atoms with Crippen LogP contribution in [0.15, 0.2) is 62.7 Å². The van der Waals surface area contributed by atoms with Crippen LogP contribution in [-0.4, -0.2) is 24.2 Å². The fourth-order valence-electron chi connectivity index (χ4n) is 2.36. The summed E-state index contributed by atoms with van der Waals surface area (Å²) >= 11 is 6.07. The van der Waals surface area contributed by atoms with Crippen molar-refractivity contribution in [3.05, 3.63) is 70.8 Å². The number of esters is 1. The molecule has 0 saturated carbocycles. The van der Waals surface area contributed by atoms with E-state index in [4.69, 9.17) is 25.2 Å². The highest BCUT2D eigenvalue weighted by Gasteiger charge is 2.18. The average Bonchev–Trinajstić information content (AvgIpc) is 3.33. The van der Waals surface area contributed by atoms with Crippen LogP contribution in [0, 0.1) is 0 Å². The van der Waals surface area contributed by atoms with E-state index in [0.29, 0.717) is 27.7 Å². The average molecular weight is 401 g/mol. The molecule has 0 spiro atoms. The Labute approximate surface area is 165 Å². The van der Waals surface area contributed by atoms with Crippen molar-refractivity contribution in [3.63, 3.8) is 0 Å². The zero-order valence-electron chi connectivity index (χ0n) is 15.1. The minimum absolute atomic E-state index is 0.143. The zero-order valence-corrected chi connectivity index (χ0v) is 15.9. The number of carbonyl (C=O) groups is 2. The van der Waals surface area contributed by atoms with Crippen molar-refractivity contribution >= 4 is 29.7 Å². The predicted molar refractivity (Wildman–Crippen MR) is 103 cm³/mol. The van der Waals surface area contributed by atoms with Gasteiger partial charge < -0.3 is 13.6 Å². The fourth-order valence-corrected chi connectivity index (χ4v) is 2.53. The fraction of sp³-hybridized carbons (Fsp3) is 0.150. The highest BCUT2D eigenvalue weighted by Crippen LogP contribution is 2.29. The molecule has 8 heteroatoms. The number of nitrogens with one attached hydrogen (secondary N) is 1. The number of benzene rings is 1. The van der Waals surface area contributed by atoms with Crippen LogP contribution in [-0.2, 0) is 4.74 Å². The number of hydrazone groups is 1. The van der Waals surface area contributed by atoms with Gasteiger partial charge in [0.15, 0.2) is 5.76 Å². The van der Waals surface area contributed by atoms with Crippen LogP contribution in [0.3, 0.4) is 0 Å². The summed E-state index contributed by atoms with van der Waals surface area (Å²) in [5.74, 6) is -0.0278. The molecule has 0 atom stereocenters. The van der Waals surface area contributed by atoms with E-state index in [1.54, 1.807) is 50.2 Å². The Hall–Kier alpha value is -3.32. The molecule has 0 unspecified atom stereocenters. The van der Waals surface area contributed by atoms with Crippen LogP contribution in [0.25, 0.3) is 11.3 Å². The van der Waals surface area contributed by atoms with E-state index in [0.717, 1.165) is 0 Å². The summed E-state index contributed by atoms with van der Waals surface area (Å²) in [5.41, 5.74) is 3.16. The molecule has 0 aliphatic heterocycles. The topological polar surface area (TPSA) is 94.0 Å². The Morgan fingerprint density at radius 2 is 2.04 bits per heavy atom. The normalized spacial score (nSPS) is 11.1. The lowest BCUT2D eigenvalue weighted by atomic mass is 10.1. The molecule has 1 N–H and O–H groups in total. The molecule has 2 heterocycles. The number of furan rings is 2. The largest absolute Gasteiger partial charge is 0.459 e. The van der Waals surface area contributed by atoms with E-state index in [1.165, 1.54) is 18.5 Å². The highest BCUT2D eigenvalue weighted by molar-refractivity contribution is 6.31. The molecule has 2 aromatic heterocycles. The summed E-state index contributed by atoms with van der Waals surface area (Å²) in [6.45, 7) is 3.54. The predicted octanol–water partition coefficient (Wildman–Crippen LogP) is 4.52. The second-order valence-corrected chi connectivity index (χ2v) is 6.46. The minimum atomic E-state index is -0.485. The third-order valence-corrected chi connectivity index (χ3v) is 3.77. The molecule has 144 valence electrons. The SMILES string of the molecule is CC(C)OC(=O)c1ccc(Cl)cc1-c1ccc(/C=N\NC(=O)c2ccco2)o1. The minimum Gasteiger partial charge on any atom is -0.459 e. The number of halogens is 1. The van der Waals surface area contributed by atoms with Crippen molar-refractivity contribution in [1.29, 1.82) is 0 Å². The zero-order chi connectivity index (χ0) is 20.1. The van der Waals surface area contributed by atoms with Gasteiger partial charge in [0.25, 0.3) is 0 Å². The van der Waals surface area contributed by atoms with E-state index in [1.807, 2.05) is 0 Å². The monoisotopic (exact) mass is 400 g/mol. The Bertz CT molecular complexity index is 1010. The summed E-state index contributed by atoms with van der Waals surface area (Å²) in [4.78, 5) is 24.1. The molecule has 0 bridgehead atoms. The molecule has 0 aliphatic carbocycles. The summed E-state index contributed by atoms with van der Waals surface area (Å²) < 4.78 is 15.9. The number of ether oxygens (including phenoxy) is 1. The molecular weight excluding hydrogens is 384 g/mol. The van der Waals surface area contributed by atoms with Gasteiger partial charge >= 0.3 is 11.9 Å². The Morgan fingerprint density at radius 3 is 2.75 bits per heavy atom. The maximum Gasteiger partial charge on any atom is 0.339 e. The molecule has 28 heavy (non-hydrogen) atoms. The quantitative estimate of drug-likeness (QED) is 0.373. The van der Waals surface area contributed by atoms with Gasteiger partial charge in [0.2, 0.25) is 0 Å². The van der Waals surface area contributed by atoms with Crippen molar-refractivity contribution in [2.75, 3.05) is 0 Å². The molecule has 3 rings (SSSR count). The van der Waals surface area contributed by atoms with E-state index in [-0.39, 0.29) is 11.9 Å². The maximum atomic E-state index is 12.3. The van der Waals surface area contributed by atoms with E-state index in [2.05, 4.69) is 10.5 Å². The van der Waals surface area contributed by atoms with Crippen molar-refractivity contribution in [2.45, 2.75) is 20.0 Å². The van der Waals surface area contributed by atoms with Gasteiger partial charge in [0.1, 0.15) is 11.5 Å². The Morgan fingerprint density at radius 1 is 1.21 bits per heavy atom. The molecule has 0 saturated heterocycles. The lowest BCUT2D eigenvalue weighted by Gasteiger charge is -2.11.